The number of nitrogens with one attached hydrogen (secondary N) is 1. The lowest BCUT2D eigenvalue weighted by molar-refractivity contribution is -0.385. The maximum atomic E-state index is 12.3. The van der Waals surface area contributed by atoms with Gasteiger partial charge in [-0.25, -0.2) is 0 Å². The summed E-state index contributed by atoms with van der Waals surface area (Å²) in [5, 5.41) is 13.9. The Balaban J connectivity index is 2.39. The highest BCUT2D eigenvalue weighted by atomic mass is 16.6. The lowest BCUT2D eigenvalue weighted by Gasteiger charge is -2.32. The zero-order valence-electron chi connectivity index (χ0n) is 11.0. The van der Waals surface area contributed by atoms with Crippen molar-refractivity contribution in [2.75, 3.05) is 18.5 Å². The molecule has 6 nitrogen and oxygen atoms in total. The van der Waals surface area contributed by atoms with Gasteiger partial charge in [-0.2, -0.15) is 0 Å². The largest absolute Gasteiger partial charge is 0.311 e. The standard InChI is InChI=1S/C13H17N3O3/c1-9-11(6-3-7-12(9)16(18)19)15-8-4-5-10(14-2)13(15)17/h3,6-7,10,14H,4-5,8H2,1-2H3. The summed E-state index contributed by atoms with van der Waals surface area (Å²) in [4.78, 5) is 24.5. The summed E-state index contributed by atoms with van der Waals surface area (Å²) >= 11 is 0. The highest BCUT2D eigenvalue weighted by Gasteiger charge is 2.30. The van der Waals surface area contributed by atoms with Crippen LogP contribution in [-0.2, 0) is 4.79 Å². The van der Waals surface area contributed by atoms with Gasteiger partial charge in [-0.3, -0.25) is 14.9 Å². The Morgan fingerprint density at radius 2 is 2.21 bits per heavy atom. The van der Waals surface area contributed by atoms with Crippen LogP contribution in [0.1, 0.15) is 18.4 Å². The minimum Gasteiger partial charge on any atom is -0.311 e. The van der Waals surface area contributed by atoms with E-state index in [9.17, 15) is 14.9 Å². The number of rotatable bonds is 3. The van der Waals surface area contributed by atoms with E-state index in [1.165, 1.54) is 6.07 Å². The minimum absolute atomic E-state index is 0.0163. The molecule has 1 heterocycles. The number of hydrogen-bond acceptors (Lipinski definition) is 4. The molecule has 0 aliphatic carbocycles. The maximum absolute atomic E-state index is 12.3. The average molecular weight is 263 g/mol. The van der Waals surface area contributed by atoms with E-state index in [0.29, 0.717) is 17.8 Å². The number of nitrogens with zero attached hydrogens (tertiary/aromatic N) is 2. The molecule has 1 aromatic carbocycles. The molecule has 0 bridgehead atoms. The van der Waals surface area contributed by atoms with Crippen molar-refractivity contribution in [2.45, 2.75) is 25.8 Å². The number of likely N-dealkylation sites (N-methyl/N-ethyl adjacent to an activating group) is 1. The van der Waals surface area contributed by atoms with Crippen molar-refractivity contribution in [3.63, 3.8) is 0 Å². The quantitative estimate of drug-likeness (QED) is 0.664. The summed E-state index contributed by atoms with van der Waals surface area (Å²) in [5.41, 5.74) is 1.23. The molecule has 1 N–H and O–H groups in total. The molecule has 1 aliphatic heterocycles. The molecule has 1 aromatic rings. The topological polar surface area (TPSA) is 75.5 Å². The van der Waals surface area contributed by atoms with Crippen LogP contribution in [-0.4, -0.2) is 30.5 Å². The first kappa shape index (κ1) is 13.5. The molecule has 1 unspecified atom stereocenters. The number of hydrogen-bond donors (Lipinski definition) is 1. The van der Waals surface area contributed by atoms with Crippen LogP contribution in [0.25, 0.3) is 0 Å². The van der Waals surface area contributed by atoms with Crippen LogP contribution in [0.4, 0.5) is 11.4 Å². The van der Waals surface area contributed by atoms with Gasteiger partial charge in [0.2, 0.25) is 5.91 Å². The van der Waals surface area contributed by atoms with Crippen molar-refractivity contribution < 1.29 is 9.72 Å². The molecule has 1 saturated heterocycles. The van der Waals surface area contributed by atoms with E-state index in [2.05, 4.69) is 5.32 Å². The molecule has 1 aliphatic rings. The molecule has 1 amide bonds. The van der Waals surface area contributed by atoms with Crippen LogP contribution < -0.4 is 10.2 Å². The van der Waals surface area contributed by atoms with E-state index < -0.39 is 4.92 Å². The summed E-state index contributed by atoms with van der Waals surface area (Å²) in [6.45, 7) is 2.29. The number of anilines is 1. The molecule has 0 spiro atoms. The predicted octanol–water partition coefficient (Wildman–Crippen LogP) is 1.62. The first-order chi connectivity index (χ1) is 9.06. The smallest absolute Gasteiger partial charge is 0.274 e. The number of amides is 1. The Labute approximate surface area is 111 Å². The number of benzene rings is 1. The van der Waals surface area contributed by atoms with Crippen LogP contribution >= 0.6 is 0 Å². The van der Waals surface area contributed by atoms with Gasteiger partial charge in [0.1, 0.15) is 0 Å². The molecule has 0 saturated carbocycles. The van der Waals surface area contributed by atoms with Crippen LogP contribution in [0, 0.1) is 17.0 Å². The monoisotopic (exact) mass is 263 g/mol. The zero-order valence-corrected chi connectivity index (χ0v) is 11.0. The van der Waals surface area contributed by atoms with Crippen molar-refractivity contribution in [1.82, 2.24) is 5.32 Å². The number of nitro benzene ring substituents is 1. The maximum Gasteiger partial charge on any atom is 0.274 e. The number of nitro groups is 1. The Bertz CT molecular complexity index is 516. The Morgan fingerprint density at radius 3 is 2.84 bits per heavy atom. The molecule has 1 fully saturated rings. The molecule has 2 rings (SSSR count). The van der Waals surface area contributed by atoms with Gasteiger partial charge in [-0.05, 0) is 32.9 Å². The highest BCUT2D eigenvalue weighted by Crippen LogP contribution is 2.30. The van der Waals surface area contributed by atoms with Gasteiger partial charge in [-0.1, -0.05) is 6.07 Å². The molecular formula is C13H17N3O3. The Kier molecular flexibility index (Phi) is 3.80. The van der Waals surface area contributed by atoms with Crippen molar-refractivity contribution in [3.05, 3.63) is 33.9 Å². The summed E-state index contributed by atoms with van der Waals surface area (Å²) < 4.78 is 0. The van der Waals surface area contributed by atoms with Crippen LogP contribution in [0.15, 0.2) is 18.2 Å². The summed E-state index contributed by atoms with van der Waals surface area (Å²) in [7, 11) is 1.76. The first-order valence-electron chi connectivity index (χ1n) is 6.29. The summed E-state index contributed by atoms with van der Waals surface area (Å²) in [5.74, 6) is -0.0163. The molecule has 102 valence electrons. The van der Waals surface area contributed by atoms with Crippen molar-refractivity contribution in [3.8, 4) is 0 Å². The first-order valence-corrected chi connectivity index (χ1v) is 6.29. The second kappa shape index (κ2) is 5.36. The van der Waals surface area contributed by atoms with Gasteiger partial charge in [0, 0.05) is 12.6 Å². The predicted molar refractivity (Wildman–Crippen MR) is 72.3 cm³/mol. The fourth-order valence-electron chi connectivity index (χ4n) is 2.48. The average Bonchev–Trinajstić information content (AvgIpc) is 2.39. The van der Waals surface area contributed by atoms with E-state index in [0.717, 1.165) is 12.8 Å². The number of carbonyl (C=O) groups excluding carboxylic acids is 1. The molecule has 1 atom stereocenters. The third-order valence-electron chi connectivity index (χ3n) is 3.55. The highest BCUT2D eigenvalue weighted by molar-refractivity contribution is 5.98. The van der Waals surface area contributed by atoms with Gasteiger partial charge < -0.3 is 10.2 Å². The van der Waals surface area contributed by atoms with E-state index in [-0.39, 0.29) is 17.6 Å². The van der Waals surface area contributed by atoms with Gasteiger partial charge in [0.05, 0.1) is 22.2 Å². The lowest BCUT2D eigenvalue weighted by atomic mass is 10.0. The molecule has 0 aromatic heterocycles. The normalized spacial score (nSPS) is 19.6. The third-order valence-corrected chi connectivity index (χ3v) is 3.55. The van der Waals surface area contributed by atoms with Gasteiger partial charge in [-0.15, -0.1) is 0 Å². The fraction of sp³-hybridized carbons (Fsp3) is 0.462. The van der Waals surface area contributed by atoms with E-state index >= 15 is 0 Å². The van der Waals surface area contributed by atoms with Crippen molar-refractivity contribution in [2.24, 2.45) is 0 Å². The fourth-order valence-corrected chi connectivity index (χ4v) is 2.48. The van der Waals surface area contributed by atoms with Crippen molar-refractivity contribution >= 4 is 17.3 Å². The second-order valence-electron chi connectivity index (χ2n) is 4.65. The lowest BCUT2D eigenvalue weighted by Crippen LogP contribution is -2.50. The van der Waals surface area contributed by atoms with Gasteiger partial charge >= 0.3 is 0 Å². The number of piperidine rings is 1. The van der Waals surface area contributed by atoms with E-state index in [1.807, 2.05) is 0 Å². The van der Waals surface area contributed by atoms with Crippen LogP contribution in [0.3, 0.4) is 0 Å². The molecular weight excluding hydrogens is 246 g/mol. The van der Waals surface area contributed by atoms with Crippen LogP contribution in [0.2, 0.25) is 0 Å². The Morgan fingerprint density at radius 1 is 1.47 bits per heavy atom. The summed E-state index contributed by atoms with van der Waals surface area (Å²) in [6, 6.07) is 4.64. The third kappa shape index (κ3) is 2.44. The van der Waals surface area contributed by atoms with Crippen molar-refractivity contribution in [1.29, 1.82) is 0 Å². The second-order valence-corrected chi connectivity index (χ2v) is 4.65. The molecule has 0 radical (unpaired) electrons. The number of carbonyl (C=O) groups is 1. The Hall–Kier alpha value is -1.95. The molecule has 6 heteroatoms. The van der Waals surface area contributed by atoms with Crippen LogP contribution in [0.5, 0.6) is 0 Å². The van der Waals surface area contributed by atoms with Gasteiger partial charge in [0.25, 0.3) is 5.69 Å². The SMILES string of the molecule is CNC1CCCN(c2cccc([N+](=O)[O-])c2C)C1=O. The zero-order chi connectivity index (χ0) is 14.0. The summed E-state index contributed by atoms with van der Waals surface area (Å²) in [6.07, 6.45) is 1.69. The molecule has 19 heavy (non-hydrogen) atoms. The van der Waals surface area contributed by atoms with Gasteiger partial charge in [0.15, 0.2) is 0 Å². The minimum atomic E-state index is -0.414. The van der Waals surface area contributed by atoms with E-state index in [4.69, 9.17) is 0 Å². The van der Waals surface area contributed by atoms with E-state index in [1.54, 1.807) is 31.0 Å².